The molecule has 0 aliphatic carbocycles. The molecule has 0 aromatic heterocycles. The van der Waals surface area contributed by atoms with Gasteiger partial charge in [0.1, 0.15) is 5.75 Å². The number of carboxylic acid groups (broad SMARTS) is 2. The maximum Gasteiger partial charge on any atom is 0.414 e. The number of carbonyl (C=O) groups is 2. The molecule has 1 saturated heterocycles. The van der Waals surface area contributed by atoms with E-state index in [0.29, 0.717) is 17.2 Å². The molecule has 0 saturated carbocycles. The van der Waals surface area contributed by atoms with Gasteiger partial charge in [-0.25, -0.2) is 9.59 Å². The standard InChI is InChI=1S/C17H26ClNO2.C2H2O4/c1-13-6-7-16(18)17(10-13)20-9-5-4-8-19-11-14(2)21-15(3)12-19;3-1(4)2(5)6/h6-7,10,14-15H,4-5,8-9,11-12H2,1-3H3;(H,3,4)(H,5,6). The summed E-state index contributed by atoms with van der Waals surface area (Å²) in [5.74, 6) is -2.85. The summed E-state index contributed by atoms with van der Waals surface area (Å²) in [5, 5.41) is 15.5. The molecule has 0 spiro atoms. The zero-order valence-corrected chi connectivity index (χ0v) is 16.7. The monoisotopic (exact) mass is 401 g/mol. The van der Waals surface area contributed by atoms with Crippen molar-refractivity contribution in [2.24, 2.45) is 0 Å². The number of rotatable bonds is 6. The van der Waals surface area contributed by atoms with E-state index in [1.54, 1.807) is 0 Å². The molecule has 1 heterocycles. The van der Waals surface area contributed by atoms with Gasteiger partial charge in [0.25, 0.3) is 0 Å². The lowest BCUT2D eigenvalue weighted by Crippen LogP contribution is -2.45. The van der Waals surface area contributed by atoms with Crippen LogP contribution in [0.4, 0.5) is 0 Å². The summed E-state index contributed by atoms with van der Waals surface area (Å²) < 4.78 is 11.5. The molecular formula is C19H28ClNO6. The average Bonchev–Trinajstić information content (AvgIpc) is 2.57. The van der Waals surface area contributed by atoms with E-state index in [4.69, 9.17) is 40.9 Å². The molecule has 2 unspecified atom stereocenters. The molecule has 2 atom stereocenters. The highest BCUT2D eigenvalue weighted by molar-refractivity contribution is 6.32. The Morgan fingerprint density at radius 3 is 2.33 bits per heavy atom. The molecule has 152 valence electrons. The van der Waals surface area contributed by atoms with Crippen molar-refractivity contribution >= 4 is 23.5 Å². The smallest absolute Gasteiger partial charge is 0.414 e. The first kappa shape index (κ1) is 23.2. The lowest BCUT2D eigenvalue weighted by atomic mass is 10.2. The van der Waals surface area contributed by atoms with Gasteiger partial charge in [-0.1, -0.05) is 17.7 Å². The fraction of sp³-hybridized carbons (Fsp3) is 0.579. The third kappa shape index (κ3) is 9.60. The highest BCUT2D eigenvalue weighted by Gasteiger charge is 2.21. The third-order valence-corrected chi connectivity index (χ3v) is 4.20. The first-order valence-electron chi connectivity index (χ1n) is 8.92. The predicted molar refractivity (Wildman–Crippen MR) is 103 cm³/mol. The van der Waals surface area contributed by atoms with Crippen LogP contribution in [0.5, 0.6) is 5.75 Å². The number of carboxylic acids is 2. The van der Waals surface area contributed by atoms with Crippen molar-refractivity contribution in [1.82, 2.24) is 4.90 Å². The lowest BCUT2D eigenvalue weighted by Gasteiger charge is -2.35. The van der Waals surface area contributed by atoms with Crippen molar-refractivity contribution in [3.8, 4) is 5.75 Å². The van der Waals surface area contributed by atoms with Gasteiger partial charge in [0, 0.05) is 13.1 Å². The molecule has 1 fully saturated rings. The van der Waals surface area contributed by atoms with Gasteiger partial charge in [0.15, 0.2) is 0 Å². The second-order valence-corrected chi connectivity index (χ2v) is 7.02. The van der Waals surface area contributed by atoms with Crippen LogP contribution in [-0.4, -0.2) is 65.5 Å². The van der Waals surface area contributed by atoms with Crippen LogP contribution in [0.25, 0.3) is 0 Å². The van der Waals surface area contributed by atoms with Crippen LogP contribution in [0, 0.1) is 6.92 Å². The Kier molecular flexibility index (Phi) is 10.1. The number of hydrogen-bond donors (Lipinski definition) is 2. The molecule has 7 nitrogen and oxygen atoms in total. The zero-order chi connectivity index (χ0) is 20.4. The van der Waals surface area contributed by atoms with Gasteiger partial charge in [-0.3, -0.25) is 4.90 Å². The Labute approximate surface area is 164 Å². The highest BCUT2D eigenvalue weighted by atomic mass is 35.5. The fourth-order valence-corrected chi connectivity index (χ4v) is 2.98. The molecule has 1 aromatic rings. The number of unbranched alkanes of at least 4 members (excludes halogenated alkanes) is 1. The van der Waals surface area contributed by atoms with E-state index in [9.17, 15) is 0 Å². The number of aryl methyl sites for hydroxylation is 1. The number of ether oxygens (including phenoxy) is 2. The van der Waals surface area contributed by atoms with Gasteiger partial charge >= 0.3 is 11.9 Å². The van der Waals surface area contributed by atoms with Gasteiger partial charge in [0.2, 0.25) is 0 Å². The number of halogens is 1. The van der Waals surface area contributed by atoms with Crippen LogP contribution in [0.15, 0.2) is 18.2 Å². The minimum absolute atomic E-state index is 0.344. The number of benzene rings is 1. The third-order valence-electron chi connectivity index (χ3n) is 3.89. The fourth-order valence-electron chi connectivity index (χ4n) is 2.81. The summed E-state index contributed by atoms with van der Waals surface area (Å²) in [6.07, 6.45) is 2.87. The van der Waals surface area contributed by atoms with Crippen LogP contribution >= 0.6 is 11.6 Å². The van der Waals surface area contributed by atoms with Crippen LogP contribution in [0.1, 0.15) is 32.3 Å². The number of hydrogen-bond acceptors (Lipinski definition) is 5. The Morgan fingerprint density at radius 1 is 1.19 bits per heavy atom. The molecule has 1 aliphatic rings. The Balaban J connectivity index is 0.000000527. The van der Waals surface area contributed by atoms with E-state index in [2.05, 4.69) is 18.7 Å². The second-order valence-electron chi connectivity index (χ2n) is 6.62. The summed E-state index contributed by atoms with van der Waals surface area (Å²) in [6, 6.07) is 5.88. The molecule has 8 heteroatoms. The van der Waals surface area contributed by atoms with Crippen LogP contribution in [0.3, 0.4) is 0 Å². The topological polar surface area (TPSA) is 96.3 Å². The van der Waals surface area contributed by atoms with Gasteiger partial charge in [-0.15, -0.1) is 0 Å². The van der Waals surface area contributed by atoms with Gasteiger partial charge in [-0.05, 0) is 57.9 Å². The Hall–Kier alpha value is -1.83. The normalized spacial score (nSPS) is 19.7. The Morgan fingerprint density at radius 2 is 1.78 bits per heavy atom. The molecule has 1 aromatic carbocycles. The summed E-state index contributed by atoms with van der Waals surface area (Å²) in [4.78, 5) is 20.7. The van der Waals surface area contributed by atoms with Crippen LogP contribution in [-0.2, 0) is 14.3 Å². The molecular weight excluding hydrogens is 374 g/mol. The first-order valence-corrected chi connectivity index (χ1v) is 9.29. The van der Waals surface area contributed by atoms with E-state index in [-0.39, 0.29) is 0 Å². The van der Waals surface area contributed by atoms with Gasteiger partial charge in [-0.2, -0.15) is 0 Å². The van der Waals surface area contributed by atoms with Crippen LogP contribution < -0.4 is 4.74 Å². The zero-order valence-electron chi connectivity index (χ0n) is 16.0. The van der Waals surface area contributed by atoms with Crippen LogP contribution in [0.2, 0.25) is 5.02 Å². The maximum atomic E-state index is 9.10. The lowest BCUT2D eigenvalue weighted by molar-refractivity contribution is -0.159. The molecule has 1 aliphatic heterocycles. The molecule has 0 radical (unpaired) electrons. The second kappa shape index (κ2) is 11.8. The van der Waals surface area contributed by atoms with E-state index in [1.807, 2.05) is 25.1 Å². The van der Waals surface area contributed by atoms with Crippen molar-refractivity contribution in [3.05, 3.63) is 28.8 Å². The summed E-state index contributed by atoms with van der Waals surface area (Å²) in [5.41, 5.74) is 1.17. The predicted octanol–water partition coefficient (Wildman–Crippen LogP) is 3.07. The minimum Gasteiger partial charge on any atom is -0.492 e. The van der Waals surface area contributed by atoms with Crippen molar-refractivity contribution < 1.29 is 29.3 Å². The number of aliphatic carboxylic acids is 2. The summed E-state index contributed by atoms with van der Waals surface area (Å²) in [7, 11) is 0. The SMILES string of the molecule is Cc1ccc(Cl)c(OCCCCN2CC(C)OC(C)C2)c1.O=C(O)C(=O)O. The maximum absolute atomic E-state index is 9.10. The number of morpholine rings is 1. The summed E-state index contributed by atoms with van der Waals surface area (Å²) >= 11 is 6.12. The van der Waals surface area contributed by atoms with E-state index in [0.717, 1.165) is 44.8 Å². The summed E-state index contributed by atoms with van der Waals surface area (Å²) in [6.45, 7) is 10.2. The van der Waals surface area contributed by atoms with Crippen molar-refractivity contribution in [2.45, 2.75) is 45.8 Å². The first-order chi connectivity index (χ1) is 12.7. The van der Waals surface area contributed by atoms with E-state index in [1.165, 1.54) is 5.56 Å². The van der Waals surface area contributed by atoms with E-state index < -0.39 is 11.9 Å². The molecule has 2 N–H and O–H groups in total. The van der Waals surface area contributed by atoms with Crippen molar-refractivity contribution in [1.29, 1.82) is 0 Å². The molecule has 0 amide bonds. The Bertz CT molecular complexity index is 602. The average molecular weight is 402 g/mol. The molecule has 27 heavy (non-hydrogen) atoms. The molecule has 2 rings (SSSR count). The quantitative estimate of drug-likeness (QED) is 0.558. The largest absolute Gasteiger partial charge is 0.492 e. The highest BCUT2D eigenvalue weighted by Crippen LogP contribution is 2.25. The van der Waals surface area contributed by atoms with Crippen molar-refractivity contribution in [3.63, 3.8) is 0 Å². The minimum atomic E-state index is -1.82. The van der Waals surface area contributed by atoms with Gasteiger partial charge in [0.05, 0.1) is 23.8 Å². The number of nitrogens with zero attached hydrogens (tertiary/aromatic N) is 1. The van der Waals surface area contributed by atoms with E-state index >= 15 is 0 Å². The molecule has 0 bridgehead atoms. The van der Waals surface area contributed by atoms with Gasteiger partial charge < -0.3 is 19.7 Å². The van der Waals surface area contributed by atoms with Crippen molar-refractivity contribution in [2.75, 3.05) is 26.2 Å².